The molecule has 0 saturated carbocycles. The summed E-state index contributed by atoms with van der Waals surface area (Å²) in [5.74, 6) is 1.90. The molecule has 0 bridgehead atoms. The minimum absolute atomic E-state index is 0.508. The predicted molar refractivity (Wildman–Crippen MR) is 209 cm³/mol. The van der Waals surface area contributed by atoms with Crippen molar-refractivity contribution in [2.75, 3.05) is 6.61 Å². The monoisotopic (exact) mass is 702 g/mol. The van der Waals surface area contributed by atoms with Crippen molar-refractivity contribution in [1.29, 1.82) is 0 Å². The van der Waals surface area contributed by atoms with E-state index in [2.05, 4.69) is 74.3 Å². The number of aromatic nitrogens is 2. The van der Waals surface area contributed by atoms with Crippen LogP contribution in [0.4, 0.5) is 0 Å². The molecule has 0 atom stereocenters. The van der Waals surface area contributed by atoms with Crippen LogP contribution in [0.15, 0.2) is 99.3 Å². The first-order valence-corrected chi connectivity index (χ1v) is 20.1. The minimum atomic E-state index is 0.508. The highest BCUT2D eigenvalue weighted by Crippen LogP contribution is 2.59. The molecule has 0 fully saturated rings. The zero-order chi connectivity index (χ0) is 32.8. The molecule has 3 heterocycles. The molecule has 2 aromatic carbocycles. The van der Waals surface area contributed by atoms with Gasteiger partial charge in [-0.1, -0.05) is 142 Å². The van der Waals surface area contributed by atoms with Gasteiger partial charge in [-0.2, -0.15) is 0 Å². The van der Waals surface area contributed by atoms with E-state index >= 15 is 0 Å². The lowest BCUT2D eigenvalue weighted by atomic mass is 10.1. The number of hydrogen-bond acceptors (Lipinski definition) is 8. The van der Waals surface area contributed by atoms with Gasteiger partial charge in [-0.25, -0.2) is 0 Å². The Balaban J connectivity index is 1.03. The average molecular weight is 703 g/mol. The van der Waals surface area contributed by atoms with Crippen molar-refractivity contribution in [2.45, 2.75) is 91.9 Å². The van der Waals surface area contributed by atoms with E-state index in [1.807, 2.05) is 83.4 Å². The van der Waals surface area contributed by atoms with Gasteiger partial charge < -0.3 is 9.15 Å². The van der Waals surface area contributed by atoms with E-state index in [1.54, 1.807) is 0 Å². The molecule has 4 nitrogen and oxygen atoms in total. The normalized spacial score (nSPS) is 15.4. The molecule has 0 aliphatic carbocycles. The highest BCUT2D eigenvalue weighted by molar-refractivity contribution is 8.34. The maximum atomic E-state index is 6.02. The molecule has 2 aliphatic heterocycles. The lowest BCUT2D eigenvalue weighted by molar-refractivity contribution is 0.304. The van der Waals surface area contributed by atoms with Crippen LogP contribution >= 0.6 is 47.0 Å². The Morgan fingerprint density at radius 1 is 0.596 bits per heavy atom. The third-order valence-corrected chi connectivity index (χ3v) is 13.8. The van der Waals surface area contributed by atoms with Crippen LogP contribution in [-0.4, -0.2) is 16.8 Å². The summed E-state index contributed by atoms with van der Waals surface area (Å²) in [6.45, 7) is 9.65. The first kappa shape index (κ1) is 35.8. The number of allylic oxidation sites excluding steroid dienone is 6. The minimum Gasteiger partial charge on any atom is -0.494 e. The second-order valence-electron chi connectivity index (χ2n) is 11.8. The third-order valence-electron chi connectivity index (χ3n) is 8.05. The highest BCUT2D eigenvalue weighted by atomic mass is 32.2. The second kappa shape index (κ2) is 18.9. The summed E-state index contributed by atoms with van der Waals surface area (Å²) in [7, 11) is 0. The topological polar surface area (TPSA) is 48.2 Å². The van der Waals surface area contributed by atoms with Gasteiger partial charge >= 0.3 is 0 Å². The van der Waals surface area contributed by atoms with Crippen molar-refractivity contribution in [3.63, 3.8) is 0 Å². The van der Waals surface area contributed by atoms with Crippen LogP contribution < -0.4 is 4.74 Å². The van der Waals surface area contributed by atoms with E-state index < -0.39 is 0 Å². The summed E-state index contributed by atoms with van der Waals surface area (Å²) in [5, 5.41) is 8.59. The fourth-order valence-corrected chi connectivity index (χ4v) is 10.5. The van der Waals surface area contributed by atoms with Crippen molar-refractivity contribution >= 4 is 53.1 Å². The molecule has 0 saturated heterocycles. The van der Waals surface area contributed by atoms with Gasteiger partial charge in [0, 0.05) is 20.9 Å². The molecule has 0 radical (unpaired) electrons. The Bertz CT molecular complexity index is 1600. The molecular weight excluding hydrogens is 657 g/mol. The van der Waals surface area contributed by atoms with Gasteiger partial charge in [0.1, 0.15) is 5.75 Å². The van der Waals surface area contributed by atoms with Crippen molar-refractivity contribution in [3.8, 4) is 28.7 Å². The molecule has 47 heavy (non-hydrogen) atoms. The molecule has 0 spiro atoms. The van der Waals surface area contributed by atoms with E-state index in [1.165, 1.54) is 85.9 Å². The molecule has 2 aliphatic rings. The van der Waals surface area contributed by atoms with E-state index in [0.29, 0.717) is 11.8 Å². The second-order valence-corrected chi connectivity index (χ2v) is 17.1. The van der Waals surface area contributed by atoms with Crippen molar-refractivity contribution < 1.29 is 9.15 Å². The van der Waals surface area contributed by atoms with Crippen LogP contribution in [0.1, 0.15) is 97.5 Å². The molecule has 248 valence electrons. The standard InChI is InChI=1S/C39H46N2O2S4/c1-5-6-7-8-9-10-11-12-13-16-27-42-34-25-23-33(24-26-34)37-41-40-36(43-37)32-21-19-31(20-22-32)17-14-15-18-35-30(4)46-39(47-35)38-44-28(2)29(3)45-38/h14-15,17-26H,5-13,16,27H2,1-4H3/b17-14+,18-15+. The fourth-order valence-electron chi connectivity index (χ4n) is 5.12. The Hall–Kier alpha value is -2.52. The molecule has 1 aromatic heterocycles. The number of nitrogens with zero attached hydrogens (tertiary/aromatic N) is 2. The van der Waals surface area contributed by atoms with Gasteiger partial charge in [-0.05, 0) is 85.0 Å². The molecule has 5 rings (SSSR count). The largest absolute Gasteiger partial charge is 0.494 e. The third kappa shape index (κ3) is 11.0. The van der Waals surface area contributed by atoms with E-state index in [-0.39, 0.29) is 0 Å². The fraction of sp³-hybridized carbons (Fsp3) is 0.385. The Labute approximate surface area is 298 Å². The predicted octanol–water partition coefficient (Wildman–Crippen LogP) is 13.8. The zero-order valence-corrected chi connectivity index (χ0v) is 31.3. The Kier molecular flexibility index (Phi) is 14.4. The molecule has 3 aromatic rings. The summed E-state index contributed by atoms with van der Waals surface area (Å²) in [5.41, 5.74) is 2.90. The SMILES string of the molecule is CCCCCCCCCCCCOc1ccc(-c2nnc(-c3ccc(/C=C/C=C/C4=C(C)SC(=C5SC(C)=C(C)S5)S4)cc3)o2)cc1. The summed E-state index contributed by atoms with van der Waals surface area (Å²) >= 11 is 7.57. The van der Waals surface area contributed by atoms with E-state index in [0.717, 1.165) is 35.5 Å². The van der Waals surface area contributed by atoms with Crippen LogP contribution in [0.3, 0.4) is 0 Å². The molecule has 8 heteroatoms. The first-order valence-electron chi connectivity index (χ1n) is 16.9. The maximum Gasteiger partial charge on any atom is 0.248 e. The number of hydrogen-bond donors (Lipinski definition) is 0. The summed E-state index contributed by atoms with van der Waals surface area (Å²) < 4.78 is 14.8. The summed E-state index contributed by atoms with van der Waals surface area (Å²) in [4.78, 5) is 5.51. The quantitative estimate of drug-likeness (QED) is 0.102. The molecule has 0 unspecified atom stereocenters. The Morgan fingerprint density at radius 3 is 1.72 bits per heavy atom. The van der Waals surface area contributed by atoms with Gasteiger partial charge in [-0.3, -0.25) is 0 Å². The lowest BCUT2D eigenvalue weighted by Crippen LogP contribution is -1.97. The number of ether oxygens (including phenoxy) is 1. The number of rotatable bonds is 17. The summed E-state index contributed by atoms with van der Waals surface area (Å²) in [6, 6.07) is 16.1. The highest BCUT2D eigenvalue weighted by Gasteiger charge is 2.24. The maximum absolute atomic E-state index is 6.02. The first-order chi connectivity index (χ1) is 23.0. The van der Waals surface area contributed by atoms with E-state index in [9.17, 15) is 0 Å². The zero-order valence-electron chi connectivity index (χ0n) is 28.1. The van der Waals surface area contributed by atoms with Gasteiger partial charge in [-0.15, -0.1) is 10.2 Å². The molecule has 0 N–H and O–H groups in total. The van der Waals surface area contributed by atoms with Crippen molar-refractivity contribution in [3.05, 3.63) is 100 Å². The van der Waals surface area contributed by atoms with Crippen molar-refractivity contribution in [1.82, 2.24) is 10.2 Å². The van der Waals surface area contributed by atoms with Gasteiger partial charge in [0.2, 0.25) is 11.8 Å². The summed E-state index contributed by atoms with van der Waals surface area (Å²) in [6.07, 6.45) is 21.8. The number of benzene rings is 2. The van der Waals surface area contributed by atoms with Crippen molar-refractivity contribution in [2.24, 2.45) is 0 Å². The Morgan fingerprint density at radius 2 is 1.11 bits per heavy atom. The molecule has 0 amide bonds. The van der Waals surface area contributed by atoms with Crippen LogP contribution in [0, 0.1) is 0 Å². The smallest absolute Gasteiger partial charge is 0.248 e. The van der Waals surface area contributed by atoms with Crippen LogP contribution in [0.5, 0.6) is 5.75 Å². The van der Waals surface area contributed by atoms with Gasteiger partial charge in [0.05, 0.1) is 15.1 Å². The van der Waals surface area contributed by atoms with Crippen LogP contribution in [-0.2, 0) is 0 Å². The number of unbranched alkanes of at least 4 members (excludes halogenated alkanes) is 9. The lowest BCUT2D eigenvalue weighted by Gasteiger charge is -2.06. The van der Waals surface area contributed by atoms with Gasteiger partial charge in [0.15, 0.2) is 0 Å². The van der Waals surface area contributed by atoms with E-state index in [4.69, 9.17) is 9.15 Å². The number of thioether (sulfide) groups is 4. The van der Waals surface area contributed by atoms with Crippen LogP contribution in [0.25, 0.3) is 29.0 Å². The van der Waals surface area contributed by atoms with Crippen LogP contribution in [0.2, 0.25) is 0 Å². The molecular formula is C39H46N2O2S4. The van der Waals surface area contributed by atoms with Gasteiger partial charge in [0.25, 0.3) is 0 Å². The average Bonchev–Trinajstić information content (AvgIpc) is 3.81.